The second-order valence-electron chi connectivity index (χ2n) is 6.71. The van der Waals surface area contributed by atoms with Gasteiger partial charge in [-0.05, 0) is 30.9 Å². The molecule has 0 amide bonds. The molecule has 0 aliphatic carbocycles. The number of hydrogen-bond acceptors (Lipinski definition) is 5. The third-order valence-electron chi connectivity index (χ3n) is 4.87. The Balaban J connectivity index is 1.49. The van der Waals surface area contributed by atoms with E-state index in [1.807, 2.05) is 25.3 Å². The van der Waals surface area contributed by atoms with Gasteiger partial charge in [-0.3, -0.25) is 4.98 Å². The molecule has 1 atom stereocenters. The first-order chi connectivity index (χ1) is 11.5. The first-order valence-corrected chi connectivity index (χ1v) is 10.3. The molecule has 2 aliphatic rings. The number of nitrogens with zero attached hydrogens (tertiary/aromatic N) is 2. The van der Waals surface area contributed by atoms with Gasteiger partial charge in [0.25, 0.3) is 0 Å². The number of aromatic nitrogens is 1. The Morgan fingerprint density at radius 1 is 1.42 bits per heavy atom. The van der Waals surface area contributed by atoms with Crippen molar-refractivity contribution in [1.29, 1.82) is 0 Å². The third-order valence-corrected chi connectivity index (χ3v) is 6.95. The standard InChI is InChI=1S/C17H26N2O4S/c1-2-10-24(20,21)19-8-5-17(6-9-19)11-16(14-23-17)22-13-15-4-3-7-18-12-15/h3-4,7,12,16H,2,5-6,8-11,13-14H2,1H3/t16-/m1/s1. The van der Waals surface area contributed by atoms with E-state index in [4.69, 9.17) is 9.47 Å². The first-order valence-electron chi connectivity index (χ1n) is 8.65. The first kappa shape index (κ1) is 17.8. The highest BCUT2D eigenvalue weighted by Crippen LogP contribution is 2.37. The molecule has 0 bridgehead atoms. The molecule has 1 aromatic rings. The highest BCUT2D eigenvalue weighted by atomic mass is 32.2. The molecule has 0 saturated carbocycles. The van der Waals surface area contributed by atoms with Gasteiger partial charge in [0.05, 0.1) is 30.7 Å². The zero-order valence-electron chi connectivity index (χ0n) is 14.2. The molecule has 0 N–H and O–H groups in total. The van der Waals surface area contributed by atoms with E-state index in [1.54, 1.807) is 10.5 Å². The second-order valence-corrected chi connectivity index (χ2v) is 8.80. The van der Waals surface area contributed by atoms with E-state index in [-0.39, 0.29) is 17.5 Å². The van der Waals surface area contributed by atoms with Crippen molar-refractivity contribution in [3.8, 4) is 0 Å². The molecular weight excluding hydrogens is 328 g/mol. The van der Waals surface area contributed by atoms with Crippen LogP contribution in [0.3, 0.4) is 0 Å². The van der Waals surface area contributed by atoms with Gasteiger partial charge in [-0.15, -0.1) is 0 Å². The molecule has 3 rings (SSSR count). The molecule has 3 heterocycles. The largest absolute Gasteiger partial charge is 0.372 e. The molecule has 2 fully saturated rings. The van der Waals surface area contributed by atoms with Crippen LogP contribution in [-0.2, 0) is 26.1 Å². The van der Waals surface area contributed by atoms with Crippen LogP contribution in [0.25, 0.3) is 0 Å². The molecule has 24 heavy (non-hydrogen) atoms. The van der Waals surface area contributed by atoms with Gasteiger partial charge in [0, 0.05) is 31.9 Å². The van der Waals surface area contributed by atoms with Crippen molar-refractivity contribution in [2.75, 3.05) is 25.4 Å². The molecule has 2 saturated heterocycles. The summed E-state index contributed by atoms with van der Waals surface area (Å²) in [4.78, 5) is 4.09. The van der Waals surface area contributed by atoms with E-state index < -0.39 is 10.0 Å². The van der Waals surface area contributed by atoms with Gasteiger partial charge in [0.15, 0.2) is 0 Å². The maximum absolute atomic E-state index is 12.2. The maximum atomic E-state index is 12.2. The Labute approximate surface area is 144 Å². The lowest BCUT2D eigenvalue weighted by atomic mass is 9.89. The molecule has 0 aromatic carbocycles. The Morgan fingerprint density at radius 2 is 2.21 bits per heavy atom. The van der Waals surface area contributed by atoms with Crippen LogP contribution < -0.4 is 0 Å². The molecule has 1 aromatic heterocycles. The fourth-order valence-electron chi connectivity index (χ4n) is 3.51. The predicted octanol–water partition coefficient (Wildman–Crippen LogP) is 1.96. The Hall–Kier alpha value is -1.02. The lowest BCUT2D eigenvalue weighted by molar-refractivity contribution is -0.0343. The van der Waals surface area contributed by atoms with Crippen molar-refractivity contribution in [2.24, 2.45) is 0 Å². The Bertz CT molecular complexity index is 627. The van der Waals surface area contributed by atoms with Crippen molar-refractivity contribution in [1.82, 2.24) is 9.29 Å². The quantitative estimate of drug-likeness (QED) is 0.781. The molecule has 0 unspecified atom stereocenters. The predicted molar refractivity (Wildman–Crippen MR) is 91.0 cm³/mol. The van der Waals surface area contributed by atoms with Crippen molar-refractivity contribution in [3.05, 3.63) is 30.1 Å². The number of sulfonamides is 1. The fourth-order valence-corrected chi connectivity index (χ4v) is 5.03. The second kappa shape index (κ2) is 7.47. The molecule has 134 valence electrons. The van der Waals surface area contributed by atoms with Gasteiger partial charge >= 0.3 is 0 Å². The Morgan fingerprint density at radius 3 is 2.88 bits per heavy atom. The van der Waals surface area contributed by atoms with Crippen LogP contribution in [0, 0.1) is 0 Å². The highest BCUT2D eigenvalue weighted by Gasteiger charge is 2.44. The average Bonchev–Trinajstić information content (AvgIpc) is 2.97. The molecule has 6 nitrogen and oxygen atoms in total. The summed E-state index contributed by atoms with van der Waals surface area (Å²) in [5, 5.41) is 0. The monoisotopic (exact) mass is 354 g/mol. The van der Waals surface area contributed by atoms with Crippen LogP contribution in [0.5, 0.6) is 0 Å². The highest BCUT2D eigenvalue weighted by molar-refractivity contribution is 7.89. The summed E-state index contributed by atoms with van der Waals surface area (Å²) in [6.07, 6.45) is 6.63. The van der Waals surface area contributed by atoms with Gasteiger partial charge in [0.2, 0.25) is 10.0 Å². The zero-order valence-corrected chi connectivity index (χ0v) is 15.0. The van der Waals surface area contributed by atoms with Crippen LogP contribution in [0.2, 0.25) is 0 Å². The van der Waals surface area contributed by atoms with Gasteiger partial charge in [0.1, 0.15) is 0 Å². The van der Waals surface area contributed by atoms with Gasteiger partial charge in [-0.1, -0.05) is 13.0 Å². The fraction of sp³-hybridized carbons (Fsp3) is 0.706. The van der Waals surface area contributed by atoms with E-state index >= 15 is 0 Å². The van der Waals surface area contributed by atoms with E-state index in [2.05, 4.69) is 4.98 Å². The average molecular weight is 354 g/mol. The third kappa shape index (κ3) is 4.14. The van der Waals surface area contributed by atoms with E-state index in [0.29, 0.717) is 32.7 Å². The molecule has 2 aliphatic heterocycles. The molecular formula is C17H26N2O4S. The van der Waals surface area contributed by atoms with Crippen molar-refractivity contribution in [2.45, 2.75) is 50.9 Å². The van der Waals surface area contributed by atoms with E-state index in [9.17, 15) is 8.42 Å². The van der Waals surface area contributed by atoms with E-state index in [0.717, 1.165) is 24.8 Å². The summed E-state index contributed by atoms with van der Waals surface area (Å²) in [6, 6.07) is 3.90. The summed E-state index contributed by atoms with van der Waals surface area (Å²) in [7, 11) is -3.10. The summed E-state index contributed by atoms with van der Waals surface area (Å²) in [5.74, 6) is 0.234. The summed E-state index contributed by atoms with van der Waals surface area (Å²) in [5.41, 5.74) is 0.844. The smallest absolute Gasteiger partial charge is 0.214 e. The number of pyridine rings is 1. The summed E-state index contributed by atoms with van der Waals surface area (Å²) < 4.78 is 37.9. The summed E-state index contributed by atoms with van der Waals surface area (Å²) in [6.45, 7) is 4.12. The van der Waals surface area contributed by atoms with Crippen molar-refractivity contribution in [3.63, 3.8) is 0 Å². The minimum absolute atomic E-state index is 0.0732. The number of rotatable bonds is 6. The molecule has 0 radical (unpaired) electrons. The van der Waals surface area contributed by atoms with Crippen LogP contribution in [-0.4, -0.2) is 54.9 Å². The van der Waals surface area contributed by atoms with Crippen LogP contribution in [0.4, 0.5) is 0 Å². The summed E-state index contributed by atoms with van der Waals surface area (Å²) >= 11 is 0. The van der Waals surface area contributed by atoms with Gasteiger partial charge < -0.3 is 9.47 Å². The van der Waals surface area contributed by atoms with Crippen molar-refractivity contribution >= 4 is 10.0 Å². The number of ether oxygens (including phenoxy) is 2. The van der Waals surface area contributed by atoms with Crippen LogP contribution >= 0.6 is 0 Å². The minimum Gasteiger partial charge on any atom is -0.372 e. The lowest BCUT2D eigenvalue weighted by Gasteiger charge is -2.37. The van der Waals surface area contributed by atoms with Crippen LogP contribution in [0.15, 0.2) is 24.5 Å². The van der Waals surface area contributed by atoms with Gasteiger partial charge in [-0.2, -0.15) is 0 Å². The molecule has 1 spiro atoms. The zero-order chi connectivity index (χ0) is 17.0. The van der Waals surface area contributed by atoms with E-state index in [1.165, 1.54) is 0 Å². The van der Waals surface area contributed by atoms with Crippen molar-refractivity contribution < 1.29 is 17.9 Å². The minimum atomic E-state index is -3.10. The number of piperidine rings is 1. The normalized spacial score (nSPS) is 24.5. The topological polar surface area (TPSA) is 68.7 Å². The van der Waals surface area contributed by atoms with Gasteiger partial charge in [-0.25, -0.2) is 12.7 Å². The number of hydrogen-bond donors (Lipinski definition) is 0. The lowest BCUT2D eigenvalue weighted by Crippen LogP contribution is -2.47. The SMILES string of the molecule is CCCS(=O)(=O)N1CCC2(CC1)C[C@@H](OCc1cccnc1)CO2. The molecule has 7 heteroatoms. The van der Waals surface area contributed by atoms with Crippen LogP contribution in [0.1, 0.15) is 38.2 Å². The Kier molecular flexibility index (Phi) is 5.54. The maximum Gasteiger partial charge on any atom is 0.214 e.